The Balaban J connectivity index is 1.36. The molecular formula is C20H17N3O5S. The lowest BCUT2D eigenvalue weighted by molar-refractivity contribution is -0.145. The minimum absolute atomic E-state index is 0.00239. The van der Waals surface area contributed by atoms with E-state index in [1.807, 2.05) is 35.7 Å². The zero-order valence-corrected chi connectivity index (χ0v) is 16.6. The molecule has 0 N–H and O–H groups in total. The molecule has 4 rings (SSSR count). The summed E-state index contributed by atoms with van der Waals surface area (Å²) >= 11 is 1.52. The molecule has 1 aromatic carbocycles. The summed E-state index contributed by atoms with van der Waals surface area (Å²) in [6, 6.07) is 11.1. The minimum atomic E-state index is -0.458. The normalized spacial score (nSPS) is 10.8. The molecule has 0 aliphatic heterocycles. The first-order valence-electron chi connectivity index (χ1n) is 8.75. The van der Waals surface area contributed by atoms with E-state index in [1.165, 1.54) is 11.3 Å². The Labute approximate surface area is 170 Å². The summed E-state index contributed by atoms with van der Waals surface area (Å²) in [4.78, 5) is 21.7. The molecule has 0 amide bonds. The van der Waals surface area contributed by atoms with Crippen molar-refractivity contribution in [3.05, 3.63) is 59.1 Å². The van der Waals surface area contributed by atoms with E-state index in [4.69, 9.17) is 18.4 Å². The molecule has 4 aromatic rings. The quantitative estimate of drug-likeness (QED) is 0.420. The van der Waals surface area contributed by atoms with Gasteiger partial charge in [-0.1, -0.05) is 23.4 Å². The number of oxazole rings is 1. The first-order chi connectivity index (χ1) is 14.1. The number of nitrogens with zero attached hydrogens (tertiary/aromatic N) is 3. The van der Waals surface area contributed by atoms with E-state index in [0.29, 0.717) is 28.9 Å². The molecule has 0 fully saturated rings. The van der Waals surface area contributed by atoms with Gasteiger partial charge in [0.05, 0.1) is 24.1 Å². The van der Waals surface area contributed by atoms with Gasteiger partial charge in [-0.2, -0.15) is 4.98 Å². The molecule has 0 spiro atoms. The van der Waals surface area contributed by atoms with Crippen LogP contribution < -0.4 is 4.74 Å². The second-order valence-electron chi connectivity index (χ2n) is 6.08. The van der Waals surface area contributed by atoms with Crippen LogP contribution in [-0.2, 0) is 22.6 Å². The zero-order valence-electron chi connectivity index (χ0n) is 15.7. The van der Waals surface area contributed by atoms with E-state index >= 15 is 0 Å². The van der Waals surface area contributed by atoms with E-state index in [2.05, 4.69) is 15.1 Å². The molecule has 0 bridgehead atoms. The van der Waals surface area contributed by atoms with Crippen LogP contribution in [0.15, 0.2) is 50.7 Å². The molecule has 0 radical (unpaired) electrons. The molecule has 0 atom stereocenters. The van der Waals surface area contributed by atoms with Crippen molar-refractivity contribution < 1.29 is 23.2 Å². The van der Waals surface area contributed by atoms with Crippen molar-refractivity contribution in [2.75, 3.05) is 7.11 Å². The number of esters is 1. The summed E-state index contributed by atoms with van der Waals surface area (Å²) in [5.41, 5.74) is 1.28. The van der Waals surface area contributed by atoms with Crippen LogP contribution in [0.4, 0.5) is 0 Å². The van der Waals surface area contributed by atoms with Gasteiger partial charge < -0.3 is 18.4 Å². The number of ether oxygens (including phenoxy) is 2. The summed E-state index contributed by atoms with van der Waals surface area (Å²) in [5, 5.41) is 5.85. The Morgan fingerprint density at radius 1 is 1.21 bits per heavy atom. The van der Waals surface area contributed by atoms with E-state index in [-0.39, 0.29) is 18.9 Å². The molecule has 0 aliphatic rings. The van der Waals surface area contributed by atoms with Crippen LogP contribution in [0.5, 0.6) is 5.75 Å². The van der Waals surface area contributed by atoms with Crippen LogP contribution in [0, 0.1) is 6.92 Å². The second-order valence-corrected chi connectivity index (χ2v) is 7.03. The van der Waals surface area contributed by atoms with Crippen LogP contribution in [0.1, 0.15) is 17.3 Å². The standard InChI is InChI=1S/C20H17N3O5S/c1-12-15(21-20(27-12)16-7-4-8-29-16)10-18(24)26-11-17-22-19(23-28-17)13-5-3-6-14(9-13)25-2/h3-9H,10-11H2,1-2H3. The number of carbonyl (C=O) groups excluding carboxylic acids is 1. The molecule has 0 saturated carbocycles. The lowest BCUT2D eigenvalue weighted by Crippen LogP contribution is -2.09. The number of aromatic nitrogens is 3. The fourth-order valence-corrected chi connectivity index (χ4v) is 3.27. The molecule has 8 nitrogen and oxygen atoms in total. The monoisotopic (exact) mass is 411 g/mol. The third-order valence-corrected chi connectivity index (χ3v) is 4.95. The average molecular weight is 411 g/mol. The molecule has 0 unspecified atom stereocenters. The third-order valence-electron chi connectivity index (χ3n) is 4.09. The maximum absolute atomic E-state index is 12.2. The molecule has 29 heavy (non-hydrogen) atoms. The van der Waals surface area contributed by atoms with Gasteiger partial charge in [0.1, 0.15) is 11.5 Å². The Hall–Kier alpha value is -3.46. The van der Waals surface area contributed by atoms with Gasteiger partial charge in [0.2, 0.25) is 11.7 Å². The summed E-state index contributed by atoms with van der Waals surface area (Å²) in [7, 11) is 1.58. The van der Waals surface area contributed by atoms with Gasteiger partial charge in [-0.25, -0.2) is 4.98 Å². The summed E-state index contributed by atoms with van der Waals surface area (Å²) in [5.74, 6) is 1.91. The van der Waals surface area contributed by atoms with E-state index in [9.17, 15) is 4.79 Å². The van der Waals surface area contributed by atoms with Crippen LogP contribution in [0.2, 0.25) is 0 Å². The van der Waals surface area contributed by atoms with Gasteiger partial charge in [-0.05, 0) is 30.5 Å². The number of aryl methyl sites for hydroxylation is 1. The van der Waals surface area contributed by atoms with Gasteiger partial charge in [0.25, 0.3) is 5.89 Å². The molecule has 3 heterocycles. The van der Waals surface area contributed by atoms with Gasteiger partial charge in [-0.15, -0.1) is 11.3 Å². The van der Waals surface area contributed by atoms with Crippen LogP contribution in [0.25, 0.3) is 22.2 Å². The van der Waals surface area contributed by atoms with Gasteiger partial charge in [-0.3, -0.25) is 4.79 Å². The highest BCUT2D eigenvalue weighted by molar-refractivity contribution is 7.13. The molecule has 9 heteroatoms. The number of hydrogen-bond donors (Lipinski definition) is 0. The number of methoxy groups -OCH3 is 1. The number of rotatable bonds is 7. The first-order valence-corrected chi connectivity index (χ1v) is 9.63. The summed E-state index contributed by atoms with van der Waals surface area (Å²) in [6.07, 6.45) is -0.00239. The maximum Gasteiger partial charge on any atom is 0.312 e. The minimum Gasteiger partial charge on any atom is -0.497 e. The third kappa shape index (κ3) is 4.35. The lowest BCUT2D eigenvalue weighted by Gasteiger charge is -2.00. The highest BCUT2D eigenvalue weighted by atomic mass is 32.1. The Morgan fingerprint density at radius 3 is 2.90 bits per heavy atom. The van der Waals surface area contributed by atoms with Crippen molar-refractivity contribution in [2.24, 2.45) is 0 Å². The van der Waals surface area contributed by atoms with E-state index in [0.717, 1.165) is 10.4 Å². The summed E-state index contributed by atoms with van der Waals surface area (Å²) < 4.78 is 21.2. The smallest absolute Gasteiger partial charge is 0.312 e. The highest BCUT2D eigenvalue weighted by Crippen LogP contribution is 2.26. The zero-order chi connectivity index (χ0) is 20.2. The van der Waals surface area contributed by atoms with Gasteiger partial charge >= 0.3 is 5.97 Å². The van der Waals surface area contributed by atoms with Crippen LogP contribution in [-0.4, -0.2) is 28.2 Å². The largest absolute Gasteiger partial charge is 0.497 e. The Kier molecular flexibility index (Phi) is 5.39. The number of carbonyl (C=O) groups is 1. The second kappa shape index (κ2) is 8.27. The average Bonchev–Trinajstić information content (AvgIpc) is 3.48. The molecule has 0 saturated heterocycles. The predicted octanol–water partition coefficient (Wildman–Crippen LogP) is 4.06. The molecule has 3 aromatic heterocycles. The van der Waals surface area contributed by atoms with E-state index < -0.39 is 5.97 Å². The van der Waals surface area contributed by atoms with Crippen molar-refractivity contribution in [2.45, 2.75) is 20.0 Å². The topological polar surface area (TPSA) is 100 Å². The van der Waals surface area contributed by atoms with Crippen molar-refractivity contribution in [1.82, 2.24) is 15.1 Å². The first kappa shape index (κ1) is 18.9. The SMILES string of the molecule is COc1cccc(-c2noc(COC(=O)Cc3nc(-c4cccs4)oc3C)n2)c1. The van der Waals surface area contributed by atoms with Crippen LogP contribution in [0.3, 0.4) is 0 Å². The fourth-order valence-electron chi connectivity index (χ4n) is 2.62. The van der Waals surface area contributed by atoms with Crippen molar-refractivity contribution >= 4 is 17.3 Å². The number of thiophene rings is 1. The summed E-state index contributed by atoms with van der Waals surface area (Å²) in [6.45, 7) is 1.65. The number of benzene rings is 1. The highest BCUT2D eigenvalue weighted by Gasteiger charge is 2.17. The van der Waals surface area contributed by atoms with Crippen molar-refractivity contribution in [1.29, 1.82) is 0 Å². The molecule has 0 aliphatic carbocycles. The lowest BCUT2D eigenvalue weighted by atomic mass is 10.2. The van der Waals surface area contributed by atoms with Crippen LogP contribution >= 0.6 is 11.3 Å². The Morgan fingerprint density at radius 2 is 2.10 bits per heavy atom. The van der Waals surface area contributed by atoms with Crippen molar-refractivity contribution in [3.8, 4) is 27.9 Å². The van der Waals surface area contributed by atoms with E-state index in [1.54, 1.807) is 20.1 Å². The van der Waals surface area contributed by atoms with Gasteiger partial charge in [0, 0.05) is 5.56 Å². The fraction of sp³-hybridized carbons (Fsp3) is 0.200. The van der Waals surface area contributed by atoms with Crippen molar-refractivity contribution in [3.63, 3.8) is 0 Å². The Bertz CT molecular complexity index is 1120. The molecular weight excluding hydrogens is 394 g/mol. The number of hydrogen-bond acceptors (Lipinski definition) is 9. The molecule has 148 valence electrons. The maximum atomic E-state index is 12.2. The predicted molar refractivity (Wildman–Crippen MR) is 104 cm³/mol. The van der Waals surface area contributed by atoms with Gasteiger partial charge in [0.15, 0.2) is 6.61 Å².